The predicted octanol–water partition coefficient (Wildman–Crippen LogP) is 4.61. The highest BCUT2D eigenvalue weighted by Crippen LogP contribution is 2.31. The van der Waals surface area contributed by atoms with Gasteiger partial charge in [-0.05, 0) is 23.8 Å². The Morgan fingerprint density at radius 1 is 1.05 bits per heavy atom. The Labute approximate surface area is 116 Å². The van der Waals surface area contributed by atoms with E-state index in [4.69, 9.17) is 0 Å². The van der Waals surface area contributed by atoms with Gasteiger partial charge in [-0.2, -0.15) is 0 Å². The Morgan fingerprint density at radius 3 is 2.58 bits per heavy atom. The van der Waals surface area contributed by atoms with Crippen LogP contribution in [0.1, 0.15) is 5.56 Å². The van der Waals surface area contributed by atoms with Gasteiger partial charge in [-0.1, -0.05) is 30.3 Å². The molecule has 0 amide bonds. The Balaban J connectivity index is 1.84. The van der Waals surface area contributed by atoms with Crippen LogP contribution < -0.4 is 0 Å². The molecule has 0 aliphatic heterocycles. The van der Waals surface area contributed by atoms with Crippen molar-refractivity contribution in [2.45, 2.75) is 10.6 Å². The minimum atomic E-state index is -0.182. The number of hydrogen-bond acceptors (Lipinski definition) is 1. The average Bonchev–Trinajstić information content (AvgIpc) is 2.76. The second kappa shape index (κ2) is 5.10. The first-order valence-electron chi connectivity index (χ1n) is 6.15. The fourth-order valence-corrected chi connectivity index (χ4v) is 3.24. The molecule has 0 saturated carbocycles. The van der Waals surface area contributed by atoms with Crippen molar-refractivity contribution < 1.29 is 4.39 Å². The minimum absolute atomic E-state index is 0.182. The molecule has 0 radical (unpaired) electrons. The molecule has 0 unspecified atom stereocenters. The summed E-state index contributed by atoms with van der Waals surface area (Å²) in [7, 11) is 2.06. The van der Waals surface area contributed by atoms with Gasteiger partial charge in [-0.15, -0.1) is 11.8 Å². The number of para-hydroxylation sites is 1. The van der Waals surface area contributed by atoms with Crippen LogP contribution in [-0.4, -0.2) is 4.57 Å². The molecule has 19 heavy (non-hydrogen) atoms. The van der Waals surface area contributed by atoms with Gasteiger partial charge in [0.15, 0.2) is 0 Å². The minimum Gasteiger partial charge on any atom is -0.349 e. The fraction of sp³-hybridized carbons (Fsp3) is 0.125. The molecular weight excluding hydrogens is 257 g/mol. The third-order valence-corrected chi connectivity index (χ3v) is 4.28. The lowest BCUT2D eigenvalue weighted by Gasteiger charge is -2.00. The number of aromatic nitrogens is 1. The lowest BCUT2D eigenvalue weighted by atomic mass is 10.2. The molecule has 0 saturated heterocycles. The molecule has 1 heterocycles. The van der Waals surface area contributed by atoms with Gasteiger partial charge in [0.05, 0.1) is 0 Å². The van der Waals surface area contributed by atoms with Crippen molar-refractivity contribution in [1.29, 1.82) is 0 Å². The number of aryl methyl sites for hydroxylation is 1. The van der Waals surface area contributed by atoms with Crippen molar-refractivity contribution in [2.75, 3.05) is 0 Å². The van der Waals surface area contributed by atoms with E-state index in [0.717, 1.165) is 11.3 Å². The molecular formula is C16H14FNS. The first kappa shape index (κ1) is 12.3. The van der Waals surface area contributed by atoms with E-state index in [9.17, 15) is 4.39 Å². The van der Waals surface area contributed by atoms with Crippen LogP contribution in [0.5, 0.6) is 0 Å². The van der Waals surface area contributed by atoms with Crippen LogP contribution in [0, 0.1) is 5.82 Å². The molecule has 96 valence electrons. The first-order chi connectivity index (χ1) is 9.24. The quantitative estimate of drug-likeness (QED) is 0.630. The van der Waals surface area contributed by atoms with Crippen LogP contribution in [0.15, 0.2) is 59.6 Å². The highest BCUT2D eigenvalue weighted by atomic mass is 32.2. The zero-order chi connectivity index (χ0) is 13.2. The van der Waals surface area contributed by atoms with E-state index < -0.39 is 0 Å². The Hall–Kier alpha value is -1.74. The third-order valence-electron chi connectivity index (χ3n) is 3.17. The summed E-state index contributed by atoms with van der Waals surface area (Å²) in [5, 5.41) is 1.28. The molecule has 3 rings (SSSR count). The summed E-state index contributed by atoms with van der Waals surface area (Å²) in [4.78, 5) is 1.27. The standard InChI is InChI=1S/C16H14FNS/c1-18-10-16(14-4-2-3-5-15(14)18)19-11-12-6-8-13(17)9-7-12/h2-10H,11H2,1H3. The Kier molecular flexibility index (Phi) is 3.30. The van der Waals surface area contributed by atoms with E-state index in [1.54, 1.807) is 11.8 Å². The Bertz CT molecular complexity index is 700. The second-order valence-corrected chi connectivity index (χ2v) is 5.55. The zero-order valence-corrected chi connectivity index (χ0v) is 11.5. The SMILES string of the molecule is Cn1cc(SCc2ccc(F)cc2)c2ccccc21. The zero-order valence-electron chi connectivity index (χ0n) is 10.6. The van der Waals surface area contributed by atoms with E-state index in [-0.39, 0.29) is 5.82 Å². The summed E-state index contributed by atoms with van der Waals surface area (Å²) in [5.41, 5.74) is 2.38. The normalized spacial score (nSPS) is 11.1. The fourth-order valence-electron chi connectivity index (χ4n) is 2.16. The molecule has 0 atom stereocenters. The van der Waals surface area contributed by atoms with Gasteiger partial charge >= 0.3 is 0 Å². The molecule has 3 heteroatoms. The molecule has 0 N–H and O–H groups in total. The number of fused-ring (bicyclic) bond motifs is 1. The first-order valence-corrected chi connectivity index (χ1v) is 7.14. The lowest BCUT2D eigenvalue weighted by Crippen LogP contribution is -1.82. The van der Waals surface area contributed by atoms with Gasteiger partial charge in [0.1, 0.15) is 5.82 Å². The van der Waals surface area contributed by atoms with E-state index in [2.05, 4.69) is 42.1 Å². The van der Waals surface area contributed by atoms with E-state index in [0.29, 0.717) is 0 Å². The number of halogens is 1. The molecule has 2 aromatic carbocycles. The maximum atomic E-state index is 12.9. The predicted molar refractivity (Wildman–Crippen MR) is 78.9 cm³/mol. The summed E-state index contributed by atoms with van der Waals surface area (Å²) in [6.07, 6.45) is 2.15. The van der Waals surface area contributed by atoms with Crippen LogP contribution in [-0.2, 0) is 12.8 Å². The van der Waals surface area contributed by atoms with Crippen molar-refractivity contribution in [2.24, 2.45) is 7.05 Å². The number of hydrogen-bond donors (Lipinski definition) is 0. The van der Waals surface area contributed by atoms with Crippen molar-refractivity contribution in [3.63, 3.8) is 0 Å². The maximum absolute atomic E-state index is 12.9. The summed E-state index contributed by atoms with van der Waals surface area (Å²) >= 11 is 1.79. The van der Waals surface area contributed by atoms with Gasteiger partial charge in [-0.25, -0.2) is 4.39 Å². The van der Waals surface area contributed by atoms with E-state index in [1.807, 2.05) is 12.1 Å². The van der Waals surface area contributed by atoms with Gasteiger partial charge in [-0.3, -0.25) is 0 Å². The largest absolute Gasteiger partial charge is 0.349 e. The molecule has 0 aliphatic carbocycles. The van der Waals surface area contributed by atoms with Crippen LogP contribution in [0.25, 0.3) is 10.9 Å². The maximum Gasteiger partial charge on any atom is 0.123 e. The monoisotopic (exact) mass is 271 g/mol. The highest BCUT2D eigenvalue weighted by molar-refractivity contribution is 7.98. The number of thioether (sulfide) groups is 1. The molecule has 1 nitrogen and oxygen atoms in total. The summed E-state index contributed by atoms with van der Waals surface area (Å²) < 4.78 is 15.0. The summed E-state index contributed by atoms with van der Waals surface area (Å²) in [6.45, 7) is 0. The summed E-state index contributed by atoms with van der Waals surface area (Å²) in [5.74, 6) is 0.674. The van der Waals surface area contributed by atoms with Gasteiger partial charge in [0.2, 0.25) is 0 Å². The molecule has 0 bridgehead atoms. The number of benzene rings is 2. The topological polar surface area (TPSA) is 4.93 Å². The van der Waals surface area contributed by atoms with Crippen molar-refractivity contribution >= 4 is 22.7 Å². The average molecular weight is 271 g/mol. The van der Waals surface area contributed by atoms with Crippen molar-refractivity contribution in [1.82, 2.24) is 4.57 Å². The van der Waals surface area contributed by atoms with Crippen LogP contribution in [0.4, 0.5) is 4.39 Å². The lowest BCUT2D eigenvalue weighted by molar-refractivity contribution is 0.627. The molecule has 3 aromatic rings. The van der Waals surface area contributed by atoms with Gasteiger partial charge < -0.3 is 4.57 Å². The van der Waals surface area contributed by atoms with Gasteiger partial charge in [0.25, 0.3) is 0 Å². The van der Waals surface area contributed by atoms with Crippen molar-refractivity contribution in [3.8, 4) is 0 Å². The number of nitrogens with zero attached hydrogens (tertiary/aromatic N) is 1. The highest BCUT2D eigenvalue weighted by Gasteiger charge is 2.06. The van der Waals surface area contributed by atoms with Crippen LogP contribution in [0.2, 0.25) is 0 Å². The molecule has 0 fully saturated rings. The second-order valence-electron chi connectivity index (χ2n) is 4.54. The van der Waals surface area contributed by atoms with Crippen LogP contribution >= 0.6 is 11.8 Å². The van der Waals surface area contributed by atoms with Crippen molar-refractivity contribution in [3.05, 3.63) is 66.1 Å². The molecule has 1 aromatic heterocycles. The van der Waals surface area contributed by atoms with Gasteiger partial charge in [0, 0.05) is 34.8 Å². The van der Waals surface area contributed by atoms with E-state index >= 15 is 0 Å². The molecule has 0 aliphatic rings. The molecule has 0 spiro atoms. The smallest absolute Gasteiger partial charge is 0.123 e. The van der Waals surface area contributed by atoms with Crippen LogP contribution in [0.3, 0.4) is 0 Å². The summed E-state index contributed by atoms with van der Waals surface area (Å²) in [6, 6.07) is 15.1. The van der Waals surface area contributed by atoms with E-state index in [1.165, 1.54) is 27.9 Å². The third kappa shape index (κ3) is 2.51. The Morgan fingerprint density at radius 2 is 1.79 bits per heavy atom. The number of rotatable bonds is 3.